The van der Waals surface area contributed by atoms with E-state index in [0.29, 0.717) is 0 Å². The first-order valence-corrected chi connectivity index (χ1v) is 9.75. The van der Waals surface area contributed by atoms with E-state index in [4.69, 9.17) is 34.7 Å². The number of halogens is 2. The van der Waals surface area contributed by atoms with E-state index >= 15 is 0 Å². The number of aromatic nitrogens is 6. The molecule has 3 heterocycles. The molecule has 0 radical (unpaired) electrons. The van der Waals surface area contributed by atoms with E-state index in [0.717, 1.165) is 0 Å². The molecule has 10 nitrogen and oxygen atoms in total. The fraction of sp³-hybridized carbons (Fsp3) is 0.158. The van der Waals surface area contributed by atoms with E-state index in [2.05, 4.69) is 36.8 Å². The van der Waals surface area contributed by atoms with Gasteiger partial charge in [-0.1, -0.05) is 35.9 Å². The summed E-state index contributed by atoms with van der Waals surface area (Å²) in [4.78, 5) is 34.1. The summed E-state index contributed by atoms with van der Waals surface area (Å²) in [6.07, 6.45) is 7.25. The highest BCUT2D eigenvalue weighted by Crippen LogP contribution is 2.26. The summed E-state index contributed by atoms with van der Waals surface area (Å²) < 4.78 is 1.28. The van der Waals surface area contributed by atoms with E-state index in [1.807, 2.05) is 0 Å². The van der Waals surface area contributed by atoms with Gasteiger partial charge in [0.25, 0.3) is 5.56 Å². The molecule has 0 aromatic carbocycles. The number of allylic oxidation sites excluding steroid dienone is 2. The van der Waals surface area contributed by atoms with Gasteiger partial charge in [-0.2, -0.15) is 0 Å². The third-order valence-corrected chi connectivity index (χ3v) is 4.87. The second-order valence-corrected chi connectivity index (χ2v) is 7.15. The quantitative estimate of drug-likeness (QED) is 0.509. The Bertz CT molecular complexity index is 1320. The third kappa shape index (κ3) is 4.49. The molecule has 3 aromatic heterocycles. The molecule has 0 bridgehead atoms. The minimum absolute atomic E-state index is 0.113. The van der Waals surface area contributed by atoms with Crippen LogP contribution in [0.3, 0.4) is 0 Å². The highest BCUT2D eigenvalue weighted by atomic mass is 35.5. The lowest BCUT2D eigenvalue weighted by atomic mass is 10.2. The highest BCUT2D eigenvalue weighted by molar-refractivity contribution is 6.47. The van der Waals surface area contributed by atoms with Gasteiger partial charge in [-0.05, 0) is 19.9 Å². The van der Waals surface area contributed by atoms with Crippen molar-refractivity contribution in [3.8, 4) is 5.82 Å². The van der Waals surface area contributed by atoms with Crippen molar-refractivity contribution in [2.75, 3.05) is 16.8 Å². The summed E-state index contributed by atoms with van der Waals surface area (Å²) in [5, 5.41) is 3.75. The lowest BCUT2D eigenvalue weighted by Crippen LogP contribution is -2.49. The van der Waals surface area contributed by atoms with Crippen LogP contribution in [0.1, 0.15) is 25.7 Å². The van der Waals surface area contributed by atoms with Crippen LogP contribution in [0.4, 0.5) is 17.5 Å². The summed E-state index contributed by atoms with van der Waals surface area (Å²) in [6.45, 7) is 7.43. The molecule has 5 N–H and O–H groups in total. The van der Waals surface area contributed by atoms with Gasteiger partial charge in [-0.25, -0.2) is 29.5 Å². The summed E-state index contributed by atoms with van der Waals surface area (Å²) in [6, 6.07) is -0.575. The molecule has 0 amide bonds. The van der Waals surface area contributed by atoms with Gasteiger partial charge in [0.05, 0.1) is 34.0 Å². The number of hydrogen-bond acceptors (Lipinski definition) is 9. The fourth-order valence-corrected chi connectivity index (χ4v) is 3.23. The second-order valence-electron chi connectivity index (χ2n) is 6.37. The average molecular weight is 460 g/mol. The Hall–Kier alpha value is -3.50. The predicted molar refractivity (Wildman–Crippen MR) is 122 cm³/mol. The van der Waals surface area contributed by atoms with Crippen molar-refractivity contribution in [2.45, 2.75) is 19.9 Å². The Balaban J connectivity index is 2.28. The molecule has 3 rings (SSSR count). The zero-order valence-corrected chi connectivity index (χ0v) is 18.2. The van der Waals surface area contributed by atoms with Crippen LogP contribution >= 0.6 is 23.2 Å². The van der Waals surface area contributed by atoms with Crippen LogP contribution in [0.2, 0.25) is 5.02 Å². The van der Waals surface area contributed by atoms with Crippen molar-refractivity contribution in [1.29, 1.82) is 0 Å². The largest absolute Gasteiger partial charge is 0.382 e. The zero-order valence-electron chi connectivity index (χ0n) is 16.7. The van der Waals surface area contributed by atoms with Crippen molar-refractivity contribution in [1.82, 2.24) is 29.5 Å². The number of nitrogens with one attached hydrogen (secondary N) is 1. The Morgan fingerprint density at radius 3 is 2.65 bits per heavy atom. The maximum atomic E-state index is 13.4. The van der Waals surface area contributed by atoms with Crippen molar-refractivity contribution < 1.29 is 0 Å². The lowest BCUT2D eigenvalue weighted by molar-refractivity contribution is 0.697. The van der Waals surface area contributed by atoms with Crippen LogP contribution in [-0.2, 0) is 0 Å². The molecule has 160 valence electrons. The monoisotopic (exact) mass is 459 g/mol. The van der Waals surface area contributed by atoms with Gasteiger partial charge in [0.15, 0.2) is 11.6 Å². The van der Waals surface area contributed by atoms with Crippen molar-refractivity contribution in [3.63, 3.8) is 0 Å². The van der Waals surface area contributed by atoms with E-state index in [1.165, 1.54) is 23.3 Å². The van der Waals surface area contributed by atoms with Gasteiger partial charge in [0.2, 0.25) is 0 Å². The average Bonchev–Trinajstić information content (AvgIpc) is 2.72. The van der Waals surface area contributed by atoms with Crippen LogP contribution in [0.25, 0.3) is 17.4 Å². The Kier molecular flexibility index (Phi) is 6.52. The zero-order chi connectivity index (χ0) is 22.7. The standard InChI is InChI=1S/C19H19Cl2N9O/c1-4-5-11(20)14-9(2)29-18(10(3)28-17-15(21)16(23)26-8-27-17)30(19(14)31)13-7-24-12(22)6-25-13/h4-8,10H,2H2,1,3H3,(H2,22,24)(H3,23,26,27,28)/b5-4-,14-11-/t10-/m0/s1. The Labute approximate surface area is 187 Å². The smallest absolute Gasteiger partial charge is 0.268 e. The first-order valence-electron chi connectivity index (χ1n) is 8.99. The number of hydrogen-bond donors (Lipinski definition) is 3. The molecule has 3 aromatic rings. The lowest BCUT2D eigenvalue weighted by Gasteiger charge is -2.19. The predicted octanol–water partition coefficient (Wildman–Crippen LogP) is 1.14. The van der Waals surface area contributed by atoms with Crippen LogP contribution in [0.5, 0.6) is 0 Å². The molecular weight excluding hydrogens is 441 g/mol. The molecule has 0 aliphatic rings. The van der Waals surface area contributed by atoms with E-state index in [-0.39, 0.29) is 49.7 Å². The minimum Gasteiger partial charge on any atom is -0.382 e. The van der Waals surface area contributed by atoms with Crippen molar-refractivity contribution >= 4 is 52.3 Å². The van der Waals surface area contributed by atoms with Crippen molar-refractivity contribution in [2.24, 2.45) is 0 Å². The fourth-order valence-electron chi connectivity index (χ4n) is 2.77. The highest BCUT2D eigenvalue weighted by Gasteiger charge is 2.20. The van der Waals surface area contributed by atoms with Gasteiger partial charge in [-0.15, -0.1) is 0 Å². The Morgan fingerprint density at radius 1 is 1.26 bits per heavy atom. The van der Waals surface area contributed by atoms with Crippen LogP contribution in [0.15, 0.2) is 35.7 Å². The number of anilines is 3. The third-order valence-electron chi connectivity index (χ3n) is 4.18. The first-order chi connectivity index (χ1) is 14.7. The first kappa shape index (κ1) is 22.2. The summed E-state index contributed by atoms with van der Waals surface area (Å²) in [7, 11) is 0. The number of nitrogens with zero attached hydrogens (tertiary/aromatic N) is 6. The van der Waals surface area contributed by atoms with E-state index in [9.17, 15) is 4.79 Å². The number of nitrogen functional groups attached to an aromatic ring is 2. The molecule has 0 saturated heterocycles. The van der Waals surface area contributed by atoms with Gasteiger partial charge in [0, 0.05) is 0 Å². The molecule has 1 atom stereocenters. The summed E-state index contributed by atoms with van der Waals surface area (Å²) in [5.74, 6) is 1.07. The molecule has 31 heavy (non-hydrogen) atoms. The van der Waals surface area contributed by atoms with E-state index < -0.39 is 11.6 Å². The SMILES string of the molecule is C=c1nc([C@H](C)Nc2ncnc(N)c2Cl)n(-c2cnc(N)cn2)c(=O)/c1=C(Cl)/C=C\C. The maximum absolute atomic E-state index is 13.4. The molecule has 0 aliphatic heterocycles. The van der Waals surface area contributed by atoms with Gasteiger partial charge in [-0.3, -0.25) is 4.79 Å². The van der Waals surface area contributed by atoms with Crippen LogP contribution in [-0.4, -0.2) is 29.5 Å². The van der Waals surface area contributed by atoms with Gasteiger partial charge < -0.3 is 16.8 Å². The summed E-state index contributed by atoms with van der Waals surface area (Å²) >= 11 is 12.5. The maximum Gasteiger partial charge on any atom is 0.268 e. The molecule has 0 spiro atoms. The molecule has 0 fully saturated rings. The topological polar surface area (TPSA) is 151 Å². The molecule has 12 heteroatoms. The van der Waals surface area contributed by atoms with E-state index in [1.54, 1.807) is 26.0 Å². The Morgan fingerprint density at radius 2 is 2.00 bits per heavy atom. The summed E-state index contributed by atoms with van der Waals surface area (Å²) in [5.41, 5.74) is 10.9. The number of nitrogens with two attached hydrogens (primary N) is 2. The normalized spacial score (nSPS) is 13.3. The number of rotatable bonds is 5. The van der Waals surface area contributed by atoms with Crippen LogP contribution < -0.4 is 32.9 Å². The molecule has 0 saturated carbocycles. The minimum atomic E-state index is -0.575. The van der Waals surface area contributed by atoms with Gasteiger partial charge >= 0.3 is 0 Å². The second kappa shape index (κ2) is 9.11. The molecular formula is C19H19Cl2N9O. The van der Waals surface area contributed by atoms with Crippen molar-refractivity contribution in [3.05, 3.63) is 62.6 Å². The molecule has 0 unspecified atom stereocenters. The van der Waals surface area contributed by atoms with Crippen LogP contribution in [0, 0.1) is 0 Å². The molecule has 0 aliphatic carbocycles. The van der Waals surface area contributed by atoms with Gasteiger partial charge in [0.1, 0.15) is 28.8 Å².